The molecule has 0 spiro atoms. The zero-order chi connectivity index (χ0) is 27.8. The number of nitrogens with zero attached hydrogens (tertiary/aromatic N) is 2. The summed E-state index contributed by atoms with van der Waals surface area (Å²) in [6.07, 6.45) is 2.56. The topological polar surface area (TPSA) is 83.9 Å². The van der Waals surface area contributed by atoms with E-state index >= 15 is 0 Å². The lowest BCUT2D eigenvalue weighted by atomic mass is 9.99. The molecule has 1 fully saturated rings. The van der Waals surface area contributed by atoms with Gasteiger partial charge in [0.05, 0.1) is 18.8 Å². The number of pyridine rings is 1. The van der Waals surface area contributed by atoms with E-state index in [0.29, 0.717) is 6.42 Å². The lowest BCUT2D eigenvalue weighted by molar-refractivity contribution is -0.252. The van der Waals surface area contributed by atoms with E-state index in [1.54, 1.807) is 0 Å². The zero-order valence-corrected chi connectivity index (χ0v) is 23.9. The van der Waals surface area contributed by atoms with Gasteiger partial charge in [0, 0.05) is 49.9 Å². The Morgan fingerprint density at radius 2 is 1.72 bits per heavy atom. The third kappa shape index (κ3) is 8.88. The molecule has 3 aromatic rings. The fraction of sp³-hybridized carbons (Fsp3) is 0.379. The summed E-state index contributed by atoms with van der Waals surface area (Å²) in [5, 5.41) is 12.0. The molecule has 208 valence electrons. The lowest BCUT2D eigenvalue weighted by Crippen LogP contribution is -2.38. The van der Waals surface area contributed by atoms with Gasteiger partial charge in [-0.15, -0.1) is 0 Å². The molecule has 1 saturated heterocycles. The molecule has 0 aliphatic carbocycles. The average Bonchev–Trinajstić information content (AvgIpc) is 2.95. The Kier molecular flexibility index (Phi) is 10.6. The summed E-state index contributed by atoms with van der Waals surface area (Å²) in [6, 6.07) is 21.4. The molecular weight excluding hydrogens is 561 g/mol. The number of ether oxygens (including phenoxy) is 2. The maximum Gasteiger partial charge on any atom is 0.272 e. The summed E-state index contributed by atoms with van der Waals surface area (Å²) in [5.74, 6) is -0.680. The maximum absolute atomic E-state index is 11.8. The summed E-state index contributed by atoms with van der Waals surface area (Å²) in [4.78, 5) is 18.5. The van der Waals surface area contributed by atoms with E-state index in [-0.39, 0.29) is 25.4 Å². The zero-order valence-electron chi connectivity index (χ0n) is 21.6. The van der Waals surface area contributed by atoms with Crippen LogP contribution >= 0.6 is 34.8 Å². The third-order valence-electron chi connectivity index (χ3n) is 6.57. The number of aliphatic hydroxyl groups excluding tert-OH is 1. The van der Waals surface area contributed by atoms with Crippen molar-refractivity contribution < 1.29 is 19.4 Å². The molecule has 7 nitrogen and oxygen atoms in total. The first-order chi connectivity index (χ1) is 18.7. The summed E-state index contributed by atoms with van der Waals surface area (Å²) >= 11 is 16.9. The highest BCUT2D eigenvalue weighted by atomic mass is 35.6. The van der Waals surface area contributed by atoms with E-state index in [1.807, 2.05) is 72.9 Å². The number of rotatable bonds is 10. The van der Waals surface area contributed by atoms with E-state index in [1.165, 1.54) is 0 Å². The highest BCUT2D eigenvalue weighted by Gasteiger charge is 2.33. The van der Waals surface area contributed by atoms with Gasteiger partial charge in [0.15, 0.2) is 6.29 Å². The smallest absolute Gasteiger partial charge is 0.272 e. The number of alkyl halides is 3. The summed E-state index contributed by atoms with van der Waals surface area (Å²) < 4.78 is 10.8. The first-order valence-electron chi connectivity index (χ1n) is 12.7. The highest BCUT2D eigenvalue weighted by Crippen LogP contribution is 2.38. The summed E-state index contributed by atoms with van der Waals surface area (Å²) in [5.41, 5.74) is 4.66. The number of likely N-dealkylation sites (N-methyl/N-ethyl adjacent to an activating group) is 1. The number of hydrogen-bond donors (Lipinski definition) is 2. The van der Waals surface area contributed by atoms with Crippen LogP contribution in [0.4, 0.5) is 0 Å². The van der Waals surface area contributed by atoms with E-state index in [9.17, 15) is 9.90 Å². The van der Waals surface area contributed by atoms with E-state index in [2.05, 4.69) is 22.2 Å². The molecule has 0 bridgehead atoms. The number of carbonyl (C=O) groups excluding carboxylic acids is 1. The van der Waals surface area contributed by atoms with Crippen molar-refractivity contribution in [2.24, 2.45) is 0 Å². The number of aromatic nitrogens is 1. The van der Waals surface area contributed by atoms with E-state index in [0.717, 1.165) is 47.5 Å². The first kappa shape index (κ1) is 29.7. The Morgan fingerprint density at radius 1 is 1.03 bits per heavy atom. The molecule has 2 N–H and O–H groups in total. The lowest BCUT2D eigenvalue weighted by Gasteiger charge is -2.38. The van der Waals surface area contributed by atoms with Crippen LogP contribution in [-0.4, -0.2) is 50.9 Å². The Hall–Kier alpha value is -2.23. The second-order valence-corrected chi connectivity index (χ2v) is 11.9. The van der Waals surface area contributed by atoms with Crippen LogP contribution in [0.5, 0.6) is 0 Å². The van der Waals surface area contributed by atoms with Crippen LogP contribution in [0.1, 0.15) is 46.8 Å². The van der Waals surface area contributed by atoms with Crippen LogP contribution < -0.4 is 5.32 Å². The fourth-order valence-electron chi connectivity index (χ4n) is 4.40. The van der Waals surface area contributed by atoms with Crippen LogP contribution in [0.2, 0.25) is 0 Å². The standard InChI is InChI=1S/C29H32Cl3N3O4/c1-35(15-13-24-4-2-3-14-33-24)18-25-16-26(22-9-7-21(19-36)8-10-22)39-27(38-25)23-11-5-20(6-12-23)17-34-28(37)29(30,31)32/h2-12,14,25-27,36H,13,15-19H2,1H3,(H,34,37). The molecule has 3 unspecified atom stereocenters. The van der Waals surface area contributed by atoms with Gasteiger partial charge >= 0.3 is 0 Å². The van der Waals surface area contributed by atoms with E-state index < -0.39 is 16.0 Å². The molecule has 10 heteroatoms. The molecule has 1 aliphatic heterocycles. The summed E-state index contributed by atoms with van der Waals surface area (Å²) in [6.45, 7) is 1.81. The number of hydrogen-bond acceptors (Lipinski definition) is 6. The Bertz CT molecular complexity index is 1190. The van der Waals surface area contributed by atoms with Gasteiger partial charge in [-0.25, -0.2) is 0 Å². The Balaban J connectivity index is 1.44. The monoisotopic (exact) mass is 591 g/mol. The second-order valence-electron chi connectivity index (χ2n) is 9.61. The number of nitrogens with one attached hydrogen (secondary N) is 1. The molecule has 2 heterocycles. The molecule has 1 aromatic heterocycles. The van der Waals surface area contributed by atoms with Gasteiger partial charge in [-0.2, -0.15) is 0 Å². The average molecular weight is 593 g/mol. The van der Waals surface area contributed by atoms with Gasteiger partial charge < -0.3 is 24.8 Å². The molecule has 39 heavy (non-hydrogen) atoms. The molecule has 1 amide bonds. The van der Waals surface area contributed by atoms with Crippen LogP contribution in [-0.2, 0) is 33.8 Å². The van der Waals surface area contributed by atoms with Crippen molar-refractivity contribution in [3.63, 3.8) is 0 Å². The molecule has 4 rings (SSSR count). The Morgan fingerprint density at radius 3 is 2.36 bits per heavy atom. The van der Waals surface area contributed by atoms with Crippen molar-refractivity contribution in [2.45, 2.75) is 48.3 Å². The summed E-state index contributed by atoms with van der Waals surface area (Å²) in [7, 11) is 2.09. The van der Waals surface area contributed by atoms with Crippen LogP contribution in [0, 0.1) is 0 Å². The second kappa shape index (κ2) is 13.9. The van der Waals surface area contributed by atoms with Gasteiger partial charge in [-0.1, -0.05) is 89.4 Å². The number of amides is 1. The maximum atomic E-state index is 11.8. The number of halogens is 3. The number of carbonyl (C=O) groups is 1. The van der Waals surface area contributed by atoms with Gasteiger partial charge in [0.1, 0.15) is 0 Å². The predicted molar refractivity (Wildman–Crippen MR) is 152 cm³/mol. The van der Waals surface area contributed by atoms with Gasteiger partial charge in [-0.3, -0.25) is 9.78 Å². The minimum absolute atomic E-state index is 0.00427. The van der Waals surface area contributed by atoms with Crippen LogP contribution in [0.3, 0.4) is 0 Å². The van der Waals surface area contributed by atoms with Crippen LogP contribution in [0.25, 0.3) is 0 Å². The van der Waals surface area contributed by atoms with Crippen molar-refractivity contribution >= 4 is 40.7 Å². The molecule has 2 aromatic carbocycles. The quantitative estimate of drug-likeness (QED) is 0.312. The number of benzene rings is 2. The molecular formula is C29H32Cl3N3O4. The van der Waals surface area contributed by atoms with Gasteiger partial charge in [-0.05, 0) is 35.9 Å². The molecule has 0 saturated carbocycles. The van der Waals surface area contributed by atoms with Crippen molar-refractivity contribution in [3.8, 4) is 0 Å². The van der Waals surface area contributed by atoms with Gasteiger partial charge in [0.25, 0.3) is 9.70 Å². The van der Waals surface area contributed by atoms with Crippen molar-refractivity contribution in [2.75, 3.05) is 20.1 Å². The Labute approximate surface area is 244 Å². The van der Waals surface area contributed by atoms with Crippen molar-refractivity contribution in [3.05, 3.63) is 101 Å². The van der Waals surface area contributed by atoms with Crippen LogP contribution in [0.15, 0.2) is 72.9 Å². The minimum Gasteiger partial charge on any atom is -0.392 e. The van der Waals surface area contributed by atoms with E-state index in [4.69, 9.17) is 44.3 Å². The first-order valence-corrected chi connectivity index (χ1v) is 13.9. The fourth-order valence-corrected chi connectivity index (χ4v) is 4.60. The predicted octanol–water partition coefficient (Wildman–Crippen LogP) is 5.28. The third-order valence-corrected chi connectivity index (χ3v) is 7.08. The van der Waals surface area contributed by atoms with Crippen molar-refractivity contribution in [1.82, 2.24) is 15.2 Å². The molecule has 0 radical (unpaired) electrons. The molecule has 1 aliphatic rings. The SMILES string of the molecule is CN(CCc1ccccn1)CC1CC(c2ccc(CO)cc2)OC(c2ccc(CNC(=O)C(Cl)(Cl)Cl)cc2)O1. The minimum atomic E-state index is -2.01. The number of aliphatic hydroxyl groups is 1. The molecule has 3 atom stereocenters. The normalized spacial score (nSPS) is 19.7. The highest BCUT2D eigenvalue weighted by molar-refractivity contribution is 6.76. The largest absolute Gasteiger partial charge is 0.392 e. The van der Waals surface area contributed by atoms with Gasteiger partial charge in [0.2, 0.25) is 0 Å². The van der Waals surface area contributed by atoms with Crippen molar-refractivity contribution in [1.29, 1.82) is 0 Å².